The summed E-state index contributed by atoms with van der Waals surface area (Å²) in [5, 5.41) is 11.8. The number of hydrogen-bond acceptors (Lipinski definition) is 4. The maximum absolute atomic E-state index is 11.9. The number of thioether (sulfide) groups is 1. The Bertz CT molecular complexity index is 448. The number of aliphatic carboxylic acids is 1. The minimum absolute atomic E-state index is 0.183. The van der Waals surface area contributed by atoms with Gasteiger partial charge in [0.1, 0.15) is 5.54 Å². The Hall–Kier alpha value is -1.43. The van der Waals surface area contributed by atoms with Crippen LogP contribution in [0.1, 0.15) is 22.5 Å². The molecule has 2 heterocycles. The molecule has 0 unspecified atom stereocenters. The van der Waals surface area contributed by atoms with Crippen LogP contribution in [-0.4, -0.2) is 34.0 Å². The third kappa shape index (κ3) is 2.17. The second-order valence-corrected chi connectivity index (χ2v) is 5.18. The Labute approximate surface area is 103 Å². The number of nitrogens with one attached hydrogen (secondary N) is 1. The van der Waals surface area contributed by atoms with Crippen LogP contribution in [0.15, 0.2) is 16.7 Å². The van der Waals surface area contributed by atoms with E-state index in [-0.39, 0.29) is 5.76 Å². The van der Waals surface area contributed by atoms with Gasteiger partial charge < -0.3 is 14.8 Å². The third-order valence-corrected chi connectivity index (χ3v) is 4.04. The molecule has 5 nitrogen and oxygen atoms in total. The van der Waals surface area contributed by atoms with E-state index < -0.39 is 17.4 Å². The molecule has 0 spiro atoms. The lowest BCUT2D eigenvalue weighted by Crippen LogP contribution is -2.54. The van der Waals surface area contributed by atoms with E-state index >= 15 is 0 Å². The second kappa shape index (κ2) is 4.44. The predicted molar refractivity (Wildman–Crippen MR) is 63.2 cm³/mol. The van der Waals surface area contributed by atoms with E-state index in [9.17, 15) is 14.7 Å². The van der Waals surface area contributed by atoms with Gasteiger partial charge in [0.25, 0.3) is 5.91 Å². The molecular weight excluding hydrogens is 242 g/mol. The molecule has 0 aromatic carbocycles. The van der Waals surface area contributed by atoms with Crippen molar-refractivity contribution in [2.75, 3.05) is 11.5 Å². The van der Waals surface area contributed by atoms with Crippen LogP contribution in [0, 0.1) is 6.92 Å². The summed E-state index contributed by atoms with van der Waals surface area (Å²) in [7, 11) is 0. The number of amides is 1. The number of aryl methyl sites for hydroxylation is 1. The first-order chi connectivity index (χ1) is 8.05. The Morgan fingerprint density at radius 2 is 2.35 bits per heavy atom. The summed E-state index contributed by atoms with van der Waals surface area (Å²) in [6.45, 7) is 1.75. The molecule has 1 fully saturated rings. The summed E-state index contributed by atoms with van der Waals surface area (Å²) in [5.74, 6) is -0.127. The summed E-state index contributed by atoms with van der Waals surface area (Å²) < 4.78 is 5.05. The minimum Gasteiger partial charge on any atom is -0.479 e. The Morgan fingerprint density at radius 1 is 1.59 bits per heavy atom. The first-order valence-electron chi connectivity index (χ1n) is 5.23. The van der Waals surface area contributed by atoms with Crippen molar-refractivity contribution in [3.63, 3.8) is 0 Å². The lowest BCUT2D eigenvalue weighted by atomic mass is 9.99. The fraction of sp³-hybridized carbons (Fsp3) is 0.455. The van der Waals surface area contributed by atoms with Crippen LogP contribution in [0.4, 0.5) is 0 Å². The lowest BCUT2D eigenvalue weighted by molar-refractivity contribution is -0.143. The van der Waals surface area contributed by atoms with Crippen LogP contribution in [-0.2, 0) is 4.79 Å². The van der Waals surface area contributed by atoms with E-state index in [1.54, 1.807) is 13.0 Å². The number of carboxylic acid groups (broad SMARTS) is 1. The zero-order chi connectivity index (χ0) is 12.5. The Balaban J connectivity index is 2.17. The molecule has 6 heteroatoms. The molecule has 1 atom stereocenters. The van der Waals surface area contributed by atoms with Crippen molar-refractivity contribution in [1.82, 2.24) is 5.32 Å². The molecule has 1 aromatic rings. The fourth-order valence-electron chi connectivity index (χ4n) is 1.77. The van der Waals surface area contributed by atoms with Gasteiger partial charge in [-0.2, -0.15) is 11.8 Å². The van der Waals surface area contributed by atoms with Crippen molar-refractivity contribution in [3.8, 4) is 0 Å². The summed E-state index contributed by atoms with van der Waals surface area (Å²) in [5.41, 5.74) is -0.449. The molecule has 2 rings (SSSR count). The molecule has 2 N–H and O–H groups in total. The van der Waals surface area contributed by atoms with E-state index in [1.807, 2.05) is 0 Å². The van der Waals surface area contributed by atoms with Crippen molar-refractivity contribution < 1.29 is 19.1 Å². The van der Waals surface area contributed by atoms with Gasteiger partial charge in [-0.1, -0.05) is 0 Å². The molecule has 92 valence electrons. The van der Waals surface area contributed by atoms with Gasteiger partial charge >= 0.3 is 5.97 Å². The number of carbonyl (C=O) groups excluding carboxylic acids is 1. The molecule has 1 aliphatic rings. The quantitative estimate of drug-likeness (QED) is 0.850. The first kappa shape index (κ1) is 12.0. The lowest BCUT2D eigenvalue weighted by Gasteiger charge is -2.23. The number of carboxylic acids is 1. The summed E-state index contributed by atoms with van der Waals surface area (Å²) in [6, 6.07) is 1.67. The summed E-state index contributed by atoms with van der Waals surface area (Å²) in [6.07, 6.45) is 1.86. The van der Waals surface area contributed by atoms with Gasteiger partial charge in [-0.3, -0.25) is 4.79 Å². The number of hydrogen-bond donors (Lipinski definition) is 2. The third-order valence-electron chi connectivity index (χ3n) is 2.85. The Kier molecular flexibility index (Phi) is 3.15. The van der Waals surface area contributed by atoms with Crippen LogP contribution in [0.2, 0.25) is 0 Å². The van der Waals surface area contributed by atoms with Gasteiger partial charge in [0, 0.05) is 11.3 Å². The summed E-state index contributed by atoms with van der Waals surface area (Å²) >= 11 is 1.53. The summed E-state index contributed by atoms with van der Waals surface area (Å²) in [4.78, 5) is 23.2. The highest BCUT2D eigenvalue weighted by molar-refractivity contribution is 7.99. The highest BCUT2D eigenvalue weighted by atomic mass is 32.2. The van der Waals surface area contributed by atoms with E-state index in [4.69, 9.17) is 4.42 Å². The van der Waals surface area contributed by atoms with Gasteiger partial charge in [0.05, 0.1) is 6.26 Å². The smallest absolute Gasteiger partial charge is 0.330 e. The van der Waals surface area contributed by atoms with E-state index in [0.717, 1.165) is 5.75 Å². The van der Waals surface area contributed by atoms with Gasteiger partial charge in [0.15, 0.2) is 5.76 Å². The van der Waals surface area contributed by atoms with E-state index in [2.05, 4.69) is 5.32 Å². The predicted octanol–water partition coefficient (Wildman–Crippen LogP) is 1.28. The average molecular weight is 255 g/mol. The average Bonchev–Trinajstić information content (AvgIpc) is 2.87. The van der Waals surface area contributed by atoms with Crippen molar-refractivity contribution in [2.45, 2.75) is 18.9 Å². The second-order valence-electron chi connectivity index (χ2n) is 4.08. The van der Waals surface area contributed by atoms with Gasteiger partial charge in [-0.15, -0.1) is 0 Å². The molecule has 1 aliphatic heterocycles. The zero-order valence-corrected chi connectivity index (χ0v) is 10.2. The van der Waals surface area contributed by atoms with E-state index in [1.165, 1.54) is 18.0 Å². The highest BCUT2D eigenvalue weighted by Crippen LogP contribution is 2.28. The molecular formula is C11H13NO4S. The van der Waals surface area contributed by atoms with Crippen LogP contribution in [0.5, 0.6) is 0 Å². The standard InChI is InChI=1S/C11H13NO4S/c1-7-2-4-16-8(7)9(13)12-11(10(14)15)3-5-17-6-11/h2,4H,3,5-6H2,1H3,(H,12,13)(H,14,15)/t11-/m0/s1. The minimum atomic E-state index is -1.15. The number of furan rings is 1. The number of carbonyl (C=O) groups is 2. The Morgan fingerprint density at radius 3 is 2.82 bits per heavy atom. The van der Waals surface area contributed by atoms with Crippen molar-refractivity contribution >= 4 is 23.6 Å². The molecule has 1 aromatic heterocycles. The SMILES string of the molecule is Cc1ccoc1C(=O)N[C@@]1(C(=O)O)CCSC1. The van der Waals surface area contributed by atoms with Crippen LogP contribution in [0.25, 0.3) is 0 Å². The highest BCUT2D eigenvalue weighted by Gasteiger charge is 2.43. The molecule has 0 bridgehead atoms. The zero-order valence-electron chi connectivity index (χ0n) is 9.36. The first-order valence-corrected chi connectivity index (χ1v) is 6.38. The monoisotopic (exact) mass is 255 g/mol. The molecule has 1 amide bonds. The van der Waals surface area contributed by atoms with Gasteiger partial charge in [-0.25, -0.2) is 4.79 Å². The topological polar surface area (TPSA) is 79.5 Å². The van der Waals surface area contributed by atoms with E-state index in [0.29, 0.717) is 17.7 Å². The molecule has 0 aliphatic carbocycles. The molecule has 1 saturated heterocycles. The van der Waals surface area contributed by atoms with Gasteiger partial charge in [0.2, 0.25) is 0 Å². The maximum atomic E-state index is 11.9. The fourth-order valence-corrected chi connectivity index (χ4v) is 3.09. The van der Waals surface area contributed by atoms with Gasteiger partial charge in [-0.05, 0) is 25.2 Å². The molecule has 0 saturated carbocycles. The normalized spacial score (nSPS) is 23.6. The van der Waals surface area contributed by atoms with Crippen LogP contribution < -0.4 is 5.32 Å². The molecule has 0 radical (unpaired) electrons. The van der Waals surface area contributed by atoms with Crippen molar-refractivity contribution in [3.05, 3.63) is 23.7 Å². The largest absolute Gasteiger partial charge is 0.479 e. The van der Waals surface area contributed by atoms with Crippen LogP contribution >= 0.6 is 11.8 Å². The van der Waals surface area contributed by atoms with Crippen molar-refractivity contribution in [1.29, 1.82) is 0 Å². The molecule has 17 heavy (non-hydrogen) atoms. The van der Waals surface area contributed by atoms with Crippen molar-refractivity contribution in [2.24, 2.45) is 0 Å². The van der Waals surface area contributed by atoms with Crippen LogP contribution in [0.3, 0.4) is 0 Å². The number of rotatable bonds is 3. The maximum Gasteiger partial charge on any atom is 0.330 e.